The Labute approximate surface area is 124 Å². The van der Waals surface area contributed by atoms with Crippen molar-refractivity contribution in [2.45, 2.75) is 0 Å². The molecule has 1 unspecified atom stereocenters. The number of fused-ring (bicyclic) bond motifs is 1. The number of rotatable bonds is 1. The van der Waals surface area contributed by atoms with Crippen LogP contribution in [0.15, 0.2) is 58.0 Å². The van der Waals surface area contributed by atoms with Gasteiger partial charge < -0.3 is 0 Å². The third-order valence-corrected chi connectivity index (χ3v) is 3.79. The molecule has 94 valence electrons. The van der Waals surface area contributed by atoms with E-state index >= 15 is 0 Å². The van der Waals surface area contributed by atoms with Gasteiger partial charge in [0.15, 0.2) is 0 Å². The summed E-state index contributed by atoms with van der Waals surface area (Å²) in [7, 11) is 0. The Bertz CT molecular complexity index is 646. The lowest BCUT2D eigenvalue weighted by atomic mass is 9.95. The summed E-state index contributed by atoms with van der Waals surface area (Å²) in [6.45, 7) is 0. The lowest BCUT2D eigenvalue weighted by Gasteiger charge is -2.30. The molecule has 3 nitrogen and oxygen atoms in total. The SMILES string of the molecule is O=C1C2C=CC=CC2=NC(=S)N1c1ccc(Br)cc1. The third-order valence-electron chi connectivity index (χ3n) is 2.99. The van der Waals surface area contributed by atoms with E-state index in [-0.39, 0.29) is 11.8 Å². The van der Waals surface area contributed by atoms with Gasteiger partial charge in [-0.3, -0.25) is 9.69 Å². The molecule has 0 saturated carbocycles. The van der Waals surface area contributed by atoms with E-state index in [2.05, 4.69) is 20.9 Å². The van der Waals surface area contributed by atoms with E-state index in [9.17, 15) is 4.79 Å². The maximum Gasteiger partial charge on any atom is 0.246 e. The van der Waals surface area contributed by atoms with Gasteiger partial charge in [-0.25, -0.2) is 4.99 Å². The van der Waals surface area contributed by atoms with Crippen molar-refractivity contribution in [3.8, 4) is 0 Å². The number of halogens is 1. The summed E-state index contributed by atoms with van der Waals surface area (Å²) in [6, 6.07) is 7.44. The first-order valence-corrected chi connectivity index (χ1v) is 6.94. The van der Waals surface area contributed by atoms with Crippen molar-refractivity contribution in [2.24, 2.45) is 10.9 Å². The summed E-state index contributed by atoms with van der Waals surface area (Å²) < 4.78 is 0.955. The fourth-order valence-electron chi connectivity index (χ4n) is 2.07. The number of carbonyl (C=O) groups excluding carboxylic acids is 1. The molecule has 1 heterocycles. The molecule has 1 aliphatic carbocycles. The van der Waals surface area contributed by atoms with Crippen molar-refractivity contribution in [3.05, 3.63) is 53.0 Å². The minimum absolute atomic E-state index is 0.0575. The number of benzene rings is 1. The fourth-order valence-corrected chi connectivity index (χ4v) is 2.63. The lowest BCUT2D eigenvalue weighted by molar-refractivity contribution is -0.118. The van der Waals surface area contributed by atoms with Crippen LogP contribution in [-0.4, -0.2) is 16.7 Å². The standard InChI is InChI=1S/C14H9BrN2OS/c15-9-5-7-10(8-6-9)17-13(18)11-3-1-2-4-12(11)16-14(17)19/h1-8,11H. The van der Waals surface area contributed by atoms with Gasteiger partial charge in [0, 0.05) is 4.47 Å². The monoisotopic (exact) mass is 332 g/mol. The summed E-state index contributed by atoms with van der Waals surface area (Å²) in [5.41, 5.74) is 1.45. The fraction of sp³-hybridized carbons (Fsp3) is 0.0714. The van der Waals surface area contributed by atoms with Crippen molar-refractivity contribution >= 4 is 50.6 Å². The number of nitrogens with zero attached hydrogens (tertiary/aromatic N) is 2. The predicted octanol–water partition coefficient (Wildman–Crippen LogP) is 3.26. The van der Waals surface area contributed by atoms with E-state index in [0.717, 1.165) is 10.2 Å². The van der Waals surface area contributed by atoms with E-state index < -0.39 is 0 Å². The Morgan fingerprint density at radius 1 is 1.21 bits per heavy atom. The second kappa shape index (κ2) is 4.83. The van der Waals surface area contributed by atoms with Crippen LogP contribution in [0.25, 0.3) is 0 Å². The van der Waals surface area contributed by atoms with Crippen LogP contribution >= 0.6 is 28.1 Å². The molecule has 0 saturated heterocycles. The topological polar surface area (TPSA) is 32.7 Å². The van der Waals surface area contributed by atoms with Crippen LogP contribution < -0.4 is 4.90 Å². The van der Waals surface area contributed by atoms with Crippen molar-refractivity contribution in [3.63, 3.8) is 0 Å². The maximum absolute atomic E-state index is 12.5. The molecule has 1 aromatic carbocycles. The molecule has 0 spiro atoms. The number of allylic oxidation sites excluding steroid dienone is 3. The molecule has 0 N–H and O–H groups in total. The average molecular weight is 333 g/mol. The number of hydrogen-bond donors (Lipinski definition) is 0. The summed E-state index contributed by atoms with van der Waals surface area (Å²) in [5, 5.41) is 0.290. The van der Waals surface area contributed by atoms with Gasteiger partial charge in [0.25, 0.3) is 0 Å². The summed E-state index contributed by atoms with van der Waals surface area (Å²) in [4.78, 5) is 18.3. The van der Waals surface area contributed by atoms with Crippen LogP contribution in [0.5, 0.6) is 0 Å². The molecule has 1 aromatic rings. The molecule has 0 bridgehead atoms. The molecule has 1 atom stereocenters. The number of hydrogen-bond acceptors (Lipinski definition) is 2. The van der Waals surface area contributed by atoms with Crippen LogP contribution in [0.1, 0.15) is 0 Å². The molecular weight excluding hydrogens is 324 g/mol. The normalized spacial score (nSPS) is 21.4. The van der Waals surface area contributed by atoms with Crippen molar-refractivity contribution in [1.29, 1.82) is 0 Å². The molecule has 19 heavy (non-hydrogen) atoms. The number of thiocarbonyl (C=S) groups is 1. The number of amides is 1. The minimum atomic E-state index is -0.333. The maximum atomic E-state index is 12.5. The van der Waals surface area contributed by atoms with E-state index in [1.165, 1.54) is 4.90 Å². The number of aliphatic imine (C=N–C) groups is 1. The lowest BCUT2D eigenvalue weighted by Crippen LogP contribution is -2.46. The third kappa shape index (κ3) is 2.19. The Morgan fingerprint density at radius 3 is 2.68 bits per heavy atom. The van der Waals surface area contributed by atoms with Gasteiger partial charge in [0.05, 0.1) is 17.3 Å². The van der Waals surface area contributed by atoms with Gasteiger partial charge in [-0.2, -0.15) is 0 Å². The quantitative estimate of drug-likeness (QED) is 0.739. The van der Waals surface area contributed by atoms with Crippen molar-refractivity contribution < 1.29 is 4.79 Å². The van der Waals surface area contributed by atoms with Gasteiger partial charge >= 0.3 is 0 Å². The summed E-state index contributed by atoms with van der Waals surface area (Å²) >= 11 is 8.61. The van der Waals surface area contributed by atoms with Crippen LogP contribution in [0.2, 0.25) is 0 Å². The van der Waals surface area contributed by atoms with Gasteiger partial charge in [-0.05, 0) is 42.6 Å². The molecule has 1 amide bonds. The van der Waals surface area contributed by atoms with Gasteiger partial charge in [0.1, 0.15) is 0 Å². The Kier molecular flexibility index (Phi) is 3.16. The highest BCUT2D eigenvalue weighted by Gasteiger charge is 2.34. The first kappa shape index (κ1) is 12.4. The highest BCUT2D eigenvalue weighted by Crippen LogP contribution is 2.26. The van der Waals surface area contributed by atoms with E-state index in [1.807, 2.05) is 48.6 Å². The van der Waals surface area contributed by atoms with Gasteiger partial charge in [0.2, 0.25) is 11.0 Å². The molecular formula is C14H9BrN2OS. The molecule has 3 rings (SSSR count). The smallest absolute Gasteiger partial charge is 0.246 e. The van der Waals surface area contributed by atoms with Crippen molar-refractivity contribution in [2.75, 3.05) is 4.90 Å². The zero-order chi connectivity index (χ0) is 13.4. The van der Waals surface area contributed by atoms with Gasteiger partial charge in [-0.15, -0.1) is 0 Å². The largest absolute Gasteiger partial charge is 0.273 e. The average Bonchev–Trinajstić information content (AvgIpc) is 2.41. The number of carbonyl (C=O) groups is 1. The molecule has 0 aromatic heterocycles. The number of anilines is 1. The minimum Gasteiger partial charge on any atom is -0.273 e. The van der Waals surface area contributed by atoms with E-state index in [1.54, 1.807) is 0 Å². The van der Waals surface area contributed by atoms with Crippen LogP contribution in [0.3, 0.4) is 0 Å². The van der Waals surface area contributed by atoms with Crippen LogP contribution in [-0.2, 0) is 4.79 Å². The summed E-state index contributed by atoms with van der Waals surface area (Å²) in [5.74, 6) is -0.390. The Balaban J connectivity index is 2.03. The summed E-state index contributed by atoms with van der Waals surface area (Å²) in [6.07, 6.45) is 7.39. The second-order valence-electron chi connectivity index (χ2n) is 4.19. The van der Waals surface area contributed by atoms with E-state index in [0.29, 0.717) is 10.8 Å². The first-order valence-electron chi connectivity index (χ1n) is 5.74. The Hall–Kier alpha value is -1.59. The van der Waals surface area contributed by atoms with Crippen LogP contribution in [0, 0.1) is 5.92 Å². The van der Waals surface area contributed by atoms with E-state index in [4.69, 9.17) is 12.2 Å². The molecule has 1 aliphatic heterocycles. The zero-order valence-electron chi connectivity index (χ0n) is 9.79. The van der Waals surface area contributed by atoms with Crippen molar-refractivity contribution in [1.82, 2.24) is 0 Å². The molecule has 2 aliphatic rings. The van der Waals surface area contributed by atoms with Gasteiger partial charge in [-0.1, -0.05) is 34.2 Å². The second-order valence-corrected chi connectivity index (χ2v) is 5.47. The van der Waals surface area contributed by atoms with Crippen LogP contribution in [0.4, 0.5) is 5.69 Å². The first-order chi connectivity index (χ1) is 9.16. The highest BCUT2D eigenvalue weighted by molar-refractivity contribution is 9.10. The Morgan fingerprint density at radius 2 is 1.95 bits per heavy atom. The molecule has 5 heteroatoms. The molecule has 0 fully saturated rings. The molecule has 0 radical (unpaired) electrons. The highest BCUT2D eigenvalue weighted by atomic mass is 79.9. The zero-order valence-corrected chi connectivity index (χ0v) is 12.2. The predicted molar refractivity (Wildman–Crippen MR) is 83.4 cm³/mol.